The first-order valence-electron chi connectivity index (χ1n) is 6.03. The highest BCUT2D eigenvalue weighted by molar-refractivity contribution is 6.21. The molecule has 0 heterocycles. The van der Waals surface area contributed by atoms with Gasteiger partial charge >= 0.3 is 0 Å². The molecule has 1 atom stereocenters. The Bertz CT molecular complexity index is 200. The number of amides is 1. The van der Waals surface area contributed by atoms with Gasteiger partial charge in [0.2, 0.25) is 5.91 Å². The molecule has 1 aliphatic carbocycles. The van der Waals surface area contributed by atoms with Crippen molar-refractivity contribution in [2.24, 2.45) is 11.8 Å². The molecule has 1 rings (SSSR count). The lowest BCUT2D eigenvalue weighted by Gasteiger charge is -2.22. The lowest BCUT2D eigenvalue weighted by molar-refractivity contribution is -0.125. The van der Waals surface area contributed by atoms with Gasteiger partial charge in [-0.25, -0.2) is 0 Å². The molecule has 0 bridgehead atoms. The van der Waals surface area contributed by atoms with Crippen LogP contribution in [0.15, 0.2) is 0 Å². The molecule has 1 fully saturated rings. The highest BCUT2D eigenvalue weighted by atomic mass is 35.5. The van der Waals surface area contributed by atoms with Gasteiger partial charge in [0.15, 0.2) is 0 Å². The summed E-state index contributed by atoms with van der Waals surface area (Å²) >= 11 is 6.08. The molecule has 1 saturated carbocycles. The van der Waals surface area contributed by atoms with Gasteiger partial charge in [-0.2, -0.15) is 0 Å². The maximum Gasteiger partial charge on any atom is 0.223 e. The van der Waals surface area contributed by atoms with Crippen molar-refractivity contribution in [3.8, 4) is 0 Å². The number of carbonyl (C=O) groups excluding carboxylic acids is 1. The van der Waals surface area contributed by atoms with Crippen molar-refractivity contribution in [3.05, 3.63) is 0 Å². The van der Waals surface area contributed by atoms with Crippen LogP contribution in [0.4, 0.5) is 0 Å². The van der Waals surface area contributed by atoms with Crippen molar-refractivity contribution in [1.29, 1.82) is 0 Å². The monoisotopic (exact) mass is 231 g/mol. The summed E-state index contributed by atoms with van der Waals surface area (Å²) in [5.74, 6) is 0.870. The summed E-state index contributed by atoms with van der Waals surface area (Å²) in [4.78, 5) is 11.8. The fourth-order valence-electron chi connectivity index (χ4n) is 1.94. The van der Waals surface area contributed by atoms with Gasteiger partial charge < -0.3 is 5.32 Å². The normalized spacial score (nSPS) is 20.3. The molecule has 88 valence electrons. The van der Waals surface area contributed by atoms with E-state index in [1.54, 1.807) is 0 Å². The number of halogens is 1. The largest absolute Gasteiger partial charge is 0.354 e. The van der Waals surface area contributed by atoms with Crippen LogP contribution < -0.4 is 5.32 Å². The van der Waals surface area contributed by atoms with Crippen LogP contribution in [0, 0.1) is 11.8 Å². The number of rotatable bonds is 4. The van der Waals surface area contributed by atoms with Gasteiger partial charge in [-0.05, 0) is 18.8 Å². The van der Waals surface area contributed by atoms with Gasteiger partial charge in [-0.3, -0.25) is 4.79 Å². The van der Waals surface area contributed by atoms with Gasteiger partial charge in [0.05, 0.1) is 5.38 Å². The minimum Gasteiger partial charge on any atom is -0.354 e. The minimum absolute atomic E-state index is 0.0533. The number of hydrogen-bond donors (Lipinski definition) is 1. The van der Waals surface area contributed by atoms with Crippen LogP contribution in [0.25, 0.3) is 0 Å². The van der Waals surface area contributed by atoms with E-state index >= 15 is 0 Å². The SMILES string of the molecule is CC(C)C(Cl)CNC(=O)C1CCCCC1. The van der Waals surface area contributed by atoms with Crippen molar-refractivity contribution < 1.29 is 4.79 Å². The summed E-state index contributed by atoms with van der Waals surface area (Å²) in [5, 5.41) is 3.02. The molecule has 15 heavy (non-hydrogen) atoms. The van der Waals surface area contributed by atoms with Crippen LogP contribution in [-0.4, -0.2) is 17.8 Å². The molecule has 0 spiro atoms. The van der Waals surface area contributed by atoms with E-state index in [1.807, 2.05) is 0 Å². The molecule has 0 saturated heterocycles. The second kappa shape index (κ2) is 6.37. The Morgan fingerprint density at radius 1 is 1.33 bits per heavy atom. The zero-order valence-corrected chi connectivity index (χ0v) is 10.5. The van der Waals surface area contributed by atoms with E-state index in [0.29, 0.717) is 12.5 Å². The summed E-state index contributed by atoms with van der Waals surface area (Å²) in [6.07, 6.45) is 5.80. The number of carbonyl (C=O) groups is 1. The average Bonchev–Trinajstić information content (AvgIpc) is 2.26. The molecular formula is C12H22ClNO. The summed E-state index contributed by atoms with van der Waals surface area (Å²) < 4.78 is 0. The maximum atomic E-state index is 11.8. The predicted molar refractivity (Wildman–Crippen MR) is 64.1 cm³/mol. The molecule has 0 radical (unpaired) electrons. The Balaban J connectivity index is 2.22. The molecule has 1 amide bonds. The van der Waals surface area contributed by atoms with Crippen molar-refractivity contribution in [3.63, 3.8) is 0 Å². The van der Waals surface area contributed by atoms with Crippen LogP contribution in [0.1, 0.15) is 46.0 Å². The van der Waals surface area contributed by atoms with Crippen molar-refractivity contribution in [2.45, 2.75) is 51.3 Å². The minimum atomic E-state index is 0.0533. The summed E-state index contributed by atoms with van der Waals surface area (Å²) in [6, 6.07) is 0. The lowest BCUT2D eigenvalue weighted by Crippen LogP contribution is -2.36. The zero-order chi connectivity index (χ0) is 11.3. The van der Waals surface area contributed by atoms with E-state index in [9.17, 15) is 4.79 Å². The molecule has 0 aromatic carbocycles. The van der Waals surface area contributed by atoms with Crippen LogP contribution >= 0.6 is 11.6 Å². The molecule has 2 nitrogen and oxygen atoms in total. The first kappa shape index (κ1) is 12.8. The average molecular weight is 232 g/mol. The van der Waals surface area contributed by atoms with E-state index in [0.717, 1.165) is 12.8 Å². The second-order valence-corrected chi connectivity index (χ2v) is 5.40. The van der Waals surface area contributed by atoms with Gasteiger partial charge in [0, 0.05) is 12.5 Å². The summed E-state index contributed by atoms with van der Waals surface area (Å²) in [5.41, 5.74) is 0. The van der Waals surface area contributed by atoms with Crippen molar-refractivity contribution in [2.75, 3.05) is 6.54 Å². The smallest absolute Gasteiger partial charge is 0.223 e. The third kappa shape index (κ3) is 4.42. The predicted octanol–water partition coefficient (Wildman–Crippen LogP) is 2.95. The molecule has 1 aliphatic rings. The fraction of sp³-hybridized carbons (Fsp3) is 0.917. The van der Waals surface area contributed by atoms with E-state index in [1.165, 1.54) is 19.3 Å². The van der Waals surface area contributed by atoms with E-state index < -0.39 is 0 Å². The maximum absolute atomic E-state index is 11.8. The van der Waals surface area contributed by atoms with Gasteiger partial charge in [0.1, 0.15) is 0 Å². The van der Waals surface area contributed by atoms with Crippen LogP contribution in [-0.2, 0) is 4.79 Å². The van der Waals surface area contributed by atoms with Crippen LogP contribution in [0.5, 0.6) is 0 Å². The van der Waals surface area contributed by atoms with E-state index in [-0.39, 0.29) is 17.2 Å². The Morgan fingerprint density at radius 3 is 2.47 bits per heavy atom. The molecular weight excluding hydrogens is 210 g/mol. The highest BCUT2D eigenvalue weighted by Crippen LogP contribution is 2.23. The summed E-state index contributed by atoms with van der Waals surface area (Å²) in [7, 11) is 0. The molecule has 3 heteroatoms. The van der Waals surface area contributed by atoms with E-state index in [2.05, 4.69) is 19.2 Å². The fourth-order valence-corrected chi connectivity index (χ4v) is 2.02. The molecule has 1 N–H and O–H groups in total. The highest BCUT2D eigenvalue weighted by Gasteiger charge is 2.21. The zero-order valence-electron chi connectivity index (χ0n) is 9.76. The molecule has 0 aromatic heterocycles. The summed E-state index contributed by atoms with van der Waals surface area (Å²) in [6.45, 7) is 4.75. The van der Waals surface area contributed by atoms with Gasteiger partial charge in [0.25, 0.3) is 0 Å². The van der Waals surface area contributed by atoms with Crippen LogP contribution in [0.2, 0.25) is 0 Å². The topological polar surface area (TPSA) is 29.1 Å². The van der Waals surface area contributed by atoms with Gasteiger partial charge in [-0.15, -0.1) is 11.6 Å². The van der Waals surface area contributed by atoms with Gasteiger partial charge in [-0.1, -0.05) is 33.1 Å². The third-order valence-corrected chi connectivity index (χ3v) is 3.83. The van der Waals surface area contributed by atoms with E-state index in [4.69, 9.17) is 11.6 Å². The molecule has 0 aromatic rings. The quantitative estimate of drug-likeness (QED) is 0.741. The Morgan fingerprint density at radius 2 is 1.93 bits per heavy atom. The number of alkyl halides is 1. The molecule has 0 aliphatic heterocycles. The van der Waals surface area contributed by atoms with Crippen molar-refractivity contribution in [1.82, 2.24) is 5.32 Å². The van der Waals surface area contributed by atoms with Crippen LogP contribution in [0.3, 0.4) is 0 Å². The number of nitrogens with one attached hydrogen (secondary N) is 1. The lowest BCUT2D eigenvalue weighted by atomic mass is 9.88. The first-order chi connectivity index (χ1) is 7.11. The Labute approximate surface area is 97.8 Å². The molecule has 1 unspecified atom stereocenters. The third-order valence-electron chi connectivity index (χ3n) is 3.17. The Kier molecular flexibility index (Phi) is 5.44. The van der Waals surface area contributed by atoms with Crippen molar-refractivity contribution >= 4 is 17.5 Å². The second-order valence-electron chi connectivity index (χ2n) is 4.84. The number of hydrogen-bond acceptors (Lipinski definition) is 1. The first-order valence-corrected chi connectivity index (χ1v) is 6.46. The Hall–Kier alpha value is -0.240. The standard InChI is InChI=1S/C12H22ClNO/c1-9(2)11(13)8-14-12(15)10-6-4-3-5-7-10/h9-11H,3-8H2,1-2H3,(H,14,15).